The molecule has 0 aliphatic carbocycles. The summed E-state index contributed by atoms with van der Waals surface area (Å²) in [4.78, 5) is 9.80. The first-order valence-corrected chi connectivity index (χ1v) is 5.95. The van der Waals surface area contributed by atoms with E-state index in [2.05, 4.69) is 19.2 Å². The first-order valence-electron chi connectivity index (χ1n) is 5.95. The molecular formula is C12H24NO2Y-. The van der Waals surface area contributed by atoms with Gasteiger partial charge in [0.25, 0.3) is 0 Å². The summed E-state index contributed by atoms with van der Waals surface area (Å²) in [7, 11) is 0. The van der Waals surface area contributed by atoms with E-state index in [0.717, 1.165) is 32.0 Å². The molecule has 0 spiro atoms. The van der Waals surface area contributed by atoms with Gasteiger partial charge < -0.3 is 14.8 Å². The van der Waals surface area contributed by atoms with Gasteiger partial charge in [-0.05, 0) is 31.7 Å². The standard InChI is InChI=1S/C12H24NO2.Y/c1-12(2)7-3-5-9-15-10-6-4-8-13-11-14;/h12H,3-10H2,1-2H3,(H,13,14);/q-1;. The van der Waals surface area contributed by atoms with E-state index in [4.69, 9.17) is 4.74 Å². The fraction of sp³-hybridized carbons (Fsp3) is 0.917. The van der Waals surface area contributed by atoms with Gasteiger partial charge in [0.05, 0.1) is 0 Å². The van der Waals surface area contributed by atoms with Gasteiger partial charge in [-0.2, -0.15) is 6.41 Å². The van der Waals surface area contributed by atoms with Gasteiger partial charge in [-0.15, -0.1) is 0 Å². The Kier molecular flexibility index (Phi) is 18.3. The molecule has 0 aromatic carbocycles. The van der Waals surface area contributed by atoms with Crippen LogP contribution in [0, 0.1) is 5.92 Å². The monoisotopic (exact) mass is 303 g/mol. The molecule has 0 aromatic rings. The van der Waals surface area contributed by atoms with Crippen LogP contribution in [0.2, 0.25) is 0 Å². The normalized spacial score (nSPS) is 9.94. The quantitative estimate of drug-likeness (QED) is 0.361. The molecule has 0 saturated heterocycles. The van der Waals surface area contributed by atoms with Crippen LogP contribution in [0.3, 0.4) is 0 Å². The maximum absolute atomic E-state index is 9.80. The first kappa shape index (κ1) is 18.9. The molecule has 4 heteroatoms. The first-order chi connectivity index (χ1) is 7.27. The number of nitrogens with one attached hydrogen (secondary N) is 1. The van der Waals surface area contributed by atoms with Crippen molar-refractivity contribution in [2.24, 2.45) is 5.92 Å². The average Bonchev–Trinajstić information content (AvgIpc) is 2.20. The SMILES string of the molecule is CC(C)CCCCOCCCCN[C-]=O.[Y]. The van der Waals surface area contributed by atoms with Gasteiger partial charge in [-0.1, -0.05) is 26.7 Å². The number of amides is 1. The Bertz CT molecular complexity index is 143. The number of carbonyl (C=O) groups excluding carboxylic acids is 1. The molecule has 0 aliphatic rings. The van der Waals surface area contributed by atoms with E-state index < -0.39 is 0 Å². The van der Waals surface area contributed by atoms with E-state index in [1.807, 2.05) is 0 Å². The summed E-state index contributed by atoms with van der Waals surface area (Å²) in [6.45, 7) is 6.89. The molecule has 0 unspecified atom stereocenters. The zero-order valence-electron chi connectivity index (χ0n) is 10.6. The number of ether oxygens (including phenoxy) is 1. The van der Waals surface area contributed by atoms with Crippen LogP contribution < -0.4 is 5.32 Å². The molecule has 0 aliphatic heterocycles. The summed E-state index contributed by atoms with van der Waals surface area (Å²) in [5.74, 6) is 0.802. The van der Waals surface area contributed by atoms with E-state index in [1.54, 1.807) is 6.41 Å². The maximum Gasteiger partial charge on any atom is 0.0466 e. The molecule has 93 valence electrons. The summed E-state index contributed by atoms with van der Waals surface area (Å²) in [5, 5.41) is 2.51. The van der Waals surface area contributed by atoms with Crippen LogP contribution in [0.15, 0.2) is 0 Å². The zero-order valence-corrected chi connectivity index (χ0v) is 13.5. The van der Waals surface area contributed by atoms with Gasteiger partial charge in [0.1, 0.15) is 0 Å². The van der Waals surface area contributed by atoms with E-state index in [1.165, 1.54) is 19.3 Å². The fourth-order valence-electron chi connectivity index (χ4n) is 1.33. The van der Waals surface area contributed by atoms with Crippen LogP contribution >= 0.6 is 0 Å². The van der Waals surface area contributed by atoms with Crippen molar-refractivity contribution in [2.75, 3.05) is 19.8 Å². The topological polar surface area (TPSA) is 38.3 Å². The molecule has 0 atom stereocenters. The minimum absolute atomic E-state index is 0. The predicted octanol–water partition coefficient (Wildman–Crippen LogP) is 2.26. The second-order valence-electron chi connectivity index (χ2n) is 4.24. The molecule has 1 radical (unpaired) electrons. The number of hydrogen-bond acceptors (Lipinski definition) is 2. The van der Waals surface area contributed by atoms with E-state index in [-0.39, 0.29) is 32.7 Å². The van der Waals surface area contributed by atoms with E-state index >= 15 is 0 Å². The minimum Gasteiger partial charge on any atom is -0.530 e. The Morgan fingerprint density at radius 1 is 1.12 bits per heavy atom. The largest absolute Gasteiger partial charge is 0.530 e. The van der Waals surface area contributed by atoms with E-state index in [9.17, 15) is 4.79 Å². The zero-order chi connectivity index (χ0) is 11.4. The van der Waals surface area contributed by atoms with Crippen LogP contribution in [0.5, 0.6) is 0 Å². The van der Waals surface area contributed by atoms with Gasteiger partial charge in [0.15, 0.2) is 0 Å². The van der Waals surface area contributed by atoms with Crippen molar-refractivity contribution >= 4 is 6.41 Å². The number of rotatable bonds is 11. The third-order valence-corrected chi connectivity index (χ3v) is 2.23. The summed E-state index contributed by atoms with van der Waals surface area (Å²) >= 11 is 0. The van der Waals surface area contributed by atoms with Crippen LogP contribution in [0.4, 0.5) is 0 Å². The number of hydrogen-bond donors (Lipinski definition) is 1. The van der Waals surface area contributed by atoms with Gasteiger partial charge >= 0.3 is 0 Å². The fourth-order valence-corrected chi connectivity index (χ4v) is 1.33. The average molecular weight is 303 g/mol. The van der Waals surface area contributed by atoms with Crippen LogP contribution in [-0.4, -0.2) is 26.2 Å². The summed E-state index contributed by atoms with van der Waals surface area (Å²) in [6.07, 6.45) is 7.36. The van der Waals surface area contributed by atoms with Crippen molar-refractivity contribution in [1.82, 2.24) is 5.32 Å². The van der Waals surface area contributed by atoms with Crippen molar-refractivity contribution in [3.8, 4) is 0 Å². The van der Waals surface area contributed by atoms with Gasteiger partial charge in [0.2, 0.25) is 0 Å². The van der Waals surface area contributed by atoms with Gasteiger partial charge in [0, 0.05) is 45.9 Å². The molecule has 0 fully saturated rings. The minimum atomic E-state index is 0. The molecule has 0 aromatic heterocycles. The Labute approximate surface area is 125 Å². The van der Waals surface area contributed by atoms with Crippen LogP contribution in [-0.2, 0) is 42.2 Å². The summed E-state index contributed by atoms with van der Waals surface area (Å²) in [6, 6.07) is 0. The van der Waals surface area contributed by atoms with Gasteiger partial charge in [-0.25, -0.2) is 0 Å². The second-order valence-corrected chi connectivity index (χ2v) is 4.24. The Morgan fingerprint density at radius 3 is 2.31 bits per heavy atom. The van der Waals surface area contributed by atoms with Crippen LogP contribution in [0.1, 0.15) is 46.0 Å². The Hall–Kier alpha value is 0.534. The molecule has 1 amide bonds. The van der Waals surface area contributed by atoms with Crippen LogP contribution in [0.25, 0.3) is 0 Å². The molecule has 0 bridgehead atoms. The Morgan fingerprint density at radius 2 is 1.75 bits per heavy atom. The Balaban J connectivity index is 0. The van der Waals surface area contributed by atoms with Crippen molar-refractivity contribution < 1.29 is 42.2 Å². The molecule has 3 nitrogen and oxygen atoms in total. The molecule has 1 N–H and O–H groups in total. The maximum atomic E-state index is 9.80. The summed E-state index contributed by atoms with van der Waals surface area (Å²) < 4.78 is 5.47. The predicted molar refractivity (Wildman–Crippen MR) is 62.4 cm³/mol. The van der Waals surface area contributed by atoms with Crippen molar-refractivity contribution in [1.29, 1.82) is 0 Å². The molecular weight excluding hydrogens is 279 g/mol. The molecule has 0 saturated carbocycles. The van der Waals surface area contributed by atoms with Crippen molar-refractivity contribution in [2.45, 2.75) is 46.0 Å². The van der Waals surface area contributed by atoms with E-state index in [0.29, 0.717) is 6.54 Å². The third-order valence-electron chi connectivity index (χ3n) is 2.23. The van der Waals surface area contributed by atoms with Gasteiger partial charge in [-0.3, -0.25) is 0 Å². The van der Waals surface area contributed by atoms with Crippen molar-refractivity contribution in [3.05, 3.63) is 0 Å². The molecule has 16 heavy (non-hydrogen) atoms. The summed E-state index contributed by atoms with van der Waals surface area (Å²) in [5.41, 5.74) is 0. The van der Waals surface area contributed by atoms with Crippen molar-refractivity contribution in [3.63, 3.8) is 0 Å². The molecule has 0 heterocycles. The third kappa shape index (κ3) is 16.9. The molecule has 0 rings (SSSR count). The second kappa shape index (κ2) is 15.5. The smallest absolute Gasteiger partial charge is 0.0466 e. The number of unbranched alkanes of at least 4 members (excludes halogenated alkanes) is 2.